The molecule has 4 N–H and O–H groups in total. The first-order chi connectivity index (χ1) is 8.45. The van der Waals surface area contributed by atoms with Gasteiger partial charge in [-0.15, -0.1) is 0 Å². The van der Waals surface area contributed by atoms with Crippen LogP contribution in [0.1, 0.15) is 11.1 Å². The van der Waals surface area contributed by atoms with Crippen molar-refractivity contribution < 1.29 is 4.74 Å². The number of benzene rings is 1. The Morgan fingerprint density at radius 1 is 1.06 bits per heavy atom. The third kappa shape index (κ3) is 2.62. The number of rotatable bonds is 2. The predicted molar refractivity (Wildman–Crippen MR) is 71.9 cm³/mol. The third-order valence-electron chi connectivity index (χ3n) is 2.37. The maximum atomic E-state index is 5.95. The lowest BCUT2D eigenvalue weighted by Crippen LogP contribution is -2.01. The van der Waals surface area contributed by atoms with Gasteiger partial charge in [-0.1, -0.05) is 11.6 Å². The van der Waals surface area contributed by atoms with E-state index in [1.165, 1.54) is 6.07 Å². The molecule has 5 nitrogen and oxygen atoms in total. The zero-order chi connectivity index (χ0) is 13.3. The summed E-state index contributed by atoms with van der Waals surface area (Å²) < 4.78 is 5.69. The lowest BCUT2D eigenvalue weighted by atomic mass is 10.1. The molecule has 1 heterocycles. The molecule has 1 aromatic heterocycles. The first-order valence-corrected chi connectivity index (χ1v) is 5.68. The molecule has 0 aliphatic carbocycles. The molecular weight excluding hydrogens is 252 g/mol. The number of anilines is 2. The number of halogens is 1. The van der Waals surface area contributed by atoms with Crippen LogP contribution in [0.15, 0.2) is 18.2 Å². The smallest absolute Gasteiger partial charge is 0.226 e. The van der Waals surface area contributed by atoms with E-state index in [0.29, 0.717) is 16.7 Å². The van der Waals surface area contributed by atoms with E-state index in [4.69, 9.17) is 27.8 Å². The van der Waals surface area contributed by atoms with E-state index in [1.54, 1.807) is 0 Å². The van der Waals surface area contributed by atoms with Crippen molar-refractivity contribution in [2.45, 2.75) is 13.8 Å². The summed E-state index contributed by atoms with van der Waals surface area (Å²) in [5.74, 6) is 1.35. The molecule has 0 amide bonds. The number of aromatic nitrogens is 2. The van der Waals surface area contributed by atoms with Crippen LogP contribution in [0.25, 0.3) is 0 Å². The zero-order valence-electron chi connectivity index (χ0n) is 10.1. The molecule has 18 heavy (non-hydrogen) atoms. The highest BCUT2D eigenvalue weighted by Gasteiger charge is 2.09. The van der Waals surface area contributed by atoms with Crippen LogP contribution in [-0.4, -0.2) is 9.97 Å². The summed E-state index contributed by atoms with van der Waals surface area (Å²) >= 11 is 5.95. The molecule has 0 saturated carbocycles. The van der Waals surface area contributed by atoms with E-state index < -0.39 is 0 Å². The predicted octanol–water partition coefficient (Wildman–Crippen LogP) is 2.70. The maximum Gasteiger partial charge on any atom is 0.226 e. The summed E-state index contributed by atoms with van der Waals surface area (Å²) in [6.45, 7) is 3.81. The van der Waals surface area contributed by atoms with Crippen molar-refractivity contribution in [1.29, 1.82) is 0 Å². The minimum absolute atomic E-state index is 0.0780. The molecule has 2 aromatic rings. The van der Waals surface area contributed by atoms with Gasteiger partial charge in [0.05, 0.1) is 0 Å². The van der Waals surface area contributed by atoms with Crippen LogP contribution in [0.2, 0.25) is 5.02 Å². The fraction of sp³-hybridized carbons (Fsp3) is 0.167. The molecule has 0 aliphatic heterocycles. The molecule has 0 spiro atoms. The van der Waals surface area contributed by atoms with Crippen molar-refractivity contribution >= 4 is 23.4 Å². The van der Waals surface area contributed by atoms with Crippen LogP contribution in [0, 0.1) is 13.8 Å². The molecule has 6 heteroatoms. The van der Waals surface area contributed by atoms with Crippen LogP contribution in [0.4, 0.5) is 11.8 Å². The highest BCUT2D eigenvalue weighted by Crippen LogP contribution is 2.31. The topological polar surface area (TPSA) is 87.0 Å². The van der Waals surface area contributed by atoms with E-state index in [1.807, 2.05) is 26.0 Å². The Morgan fingerprint density at radius 2 is 1.67 bits per heavy atom. The lowest BCUT2D eigenvalue weighted by molar-refractivity contribution is 0.456. The van der Waals surface area contributed by atoms with Gasteiger partial charge in [-0.3, -0.25) is 0 Å². The zero-order valence-corrected chi connectivity index (χ0v) is 10.8. The average molecular weight is 265 g/mol. The molecular formula is C12H13ClN4O. The summed E-state index contributed by atoms with van der Waals surface area (Å²) in [5.41, 5.74) is 12.9. The van der Waals surface area contributed by atoms with Crippen LogP contribution < -0.4 is 16.2 Å². The number of nitrogens with zero attached hydrogens (tertiary/aromatic N) is 2. The quantitative estimate of drug-likeness (QED) is 0.871. The number of hydrogen-bond acceptors (Lipinski definition) is 5. The molecule has 0 fully saturated rings. The van der Waals surface area contributed by atoms with Crippen LogP contribution in [0.3, 0.4) is 0 Å². The van der Waals surface area contributed by atoms with E-state index in [9.17, 15) is 0 Å². The Bertz CT molecular complexity index is 557. The van der Waals surface area contributed by atoms with Crippen molar-refractivity contribution in [2.24, 2.45) is 0 Å². The minimum atomic E-state index is 0.0780. The molecule has 0 aliphatic rings. The molecule has 0 radical (unpaired) electrons. The minimum Gasteiger partial charge on any atom is -0.438 e. The Kier molecular flexibility index (Phi) is 3.25. The largest absolute Gasteiger partial charge is 0.438 e. The second kappa shape index (κ2) is 4.70. The number of aryl methyl sites for hydroxylation is 2. The van der Waals surface area contributed by atoms with Crippen LogP contribution in [0.5, 0.6) is 11.6 Å². The van der Waals surface area contributed by atoms with Crippen molar-refractivity contribution in [3.05, 3.63) is 34.3 Å². The highest BCUT2D eigenvalue weighted by atomic mass is 35.5. The van der Waals surface area contributed by atoms with Crippen LogP contribution in [-0.2, 0) is 0 Å². The molecule has 94 valence electrons. The standard InChI is InChI=1S/C12H13ClN4O/c1-6-3-8(13)4-7(2)11(6)18-10-5-9(14)16-12(15)17-10/h3-5H,1-2H3,(H4,14,15,16,17). The molecule has 2 rings (SSSR count). The number of nitrogen functional groups attached to an aromatic ring is 2. The lowest BCUT2D eigenvalue weighted by Gasteiger charge is -2.11. The summed E-state index contributed by atoms with van der Waals surface area (Å²) in [4.78, 5) is 7.74. The molecule has 0 atom stereocenters. The van der Waals surface area contributed by atoms with Crippen molar-refractivity contribution in [1.82, 2.24) is 9.97 Å². The number of ether oxygens (including phenoxy) is 1. The van der Waals surface area contributed by atoms with Gasteiger partial charge in [0.15, 0.2) is 0 Å². The fourth-order valence-electron chi connectivity index (χ4n) is 1.68. The maximum absolute atomic E-state index is 5.95. The van der Waals surface area contributed by atoms with Crippen molar-refractivity contribution in [2.75, 3.05) is 11.5 Å². The van der Waals surface area contributed by atoms with Gasteiger partial charge in [0.1, 0.15) is 11.6 Å². The van der Waals surface area contributed by atoms with E-state index in [0.717, 1.165) is 11.1 Å². The summed E-state index contributed by atoms with van der Waals surface area (Å²) in [5, 5.41) is 0.666. The summed E-state index contributed by atoms with van der Waals surface area (Å²) in [7, 11) is 0. The average Bonchev–Trinajstić information content (AvgIpc) is 2.22. The molecule has 1 aromatic carbocycles. The normalized spacial score (nSPS) is 10.4. The van der Waals surface area contributed by atoms with Crippen molar-refractivity contribution in [3.63, 3.8) is 0 Å². The monoisotopic (exact) mass is 264 g/mol. The van der Waals surface area contributed by atoms with E-state index >= 15 is 0 Å². The van der Waals surface area contributed by atoms with Crippen molar-refractivity contribution in [3.8, 4) is 11.6 Å². The summed E-state index contributed by atoms with van der Waals surface area (Å²) in [6, 6.07) is 5.15. The second-order valence-corrected chi connectivity index (χ2v) is 4.40. The Balaban J connectivity index is 2.40. The van der Waals surface area contributed by atoms with E-state index in [2.05, 4.69) is 9.97 Å². The van der Waals surface area contributed by atoms with Gasteiger partial charge >= 0.3 is 0 Å². The Hall–Kier alpha value is -2.01. The Labute approximate surface area is 110 Å². The van der Waals surface area contributed by atoms with Gasteiger partial charge in [0.25, 0.3) is 0 Å². The van der Waals surface area contributed by atoms with Gasteiger partial charge < -0.3 is 16.2 Å². The first-order valence-electron chi connectivity index (χ1n) is 5.30. The Morgan fingerprint density at radius 3 is 2.22 bits per heavy atom. The summed E-state index contributed by atoms with van der Waals surface area (Å²) in [6.07, 6.45) is 0. The highest BCUT2D eigenvalue weighted by molar-refractivity contribution is 6.30. The third-order valence-corrected chi connectivity index (χ3v) is 2.59. The van der Waals surface area contributed by atoms with Gasteiger partial charge in [0.2, 0.25) is 11.8 Å². The van der Waals surface area contributed by atoms with Gasteiger partial charge in [-0.2, -0.15) is 9.97 Å². The van der Waals surface area contributed by atoms with Gasteiger partial charge in [-0.05, 0) is 37.1 Å². The van der Waals surface area contributed by atoms with Gasteiger partial charge in [0, 0.05) is 11.1 Å². The number of nitrogens with two attached hydrogens (primary N) is 2. The second-order valence-electron chi connectivity index (χ2n) is 3.96. The molecule has 0 unspecified atom stereocenters. The first kappa shape index (κ1) is 12.4. The molecule has 0 saturated heterocycles. The SMILES string of the molecule is Cc1cc(Cl)cc(C)c1Oc1cc(N)nc(N)n1. The van der Waals surface area contributed by atoms with Gasteiger partial charge in [-0.25, -0.2) is 0 Å². The fourth-order valence-corrected chi connectivity index (χ4v) is 2.00. The van der Waals surface area contributed by atoms with E-state index in [-0.39, 0.29) is 11.8 Å². The molecule has 0 bridgehead atoms. The number of hydrogen-bond donors (Lipinski definition) is 2. The van der Waals surface area contributed by atoms with Crippen LogP contribution >= 0.6 is 11.6 Å².